The van der Waals surface area contributed by atoms with E-state index in [0.717, 1.165) is 67.0 Å². The summed E-state index contributed by atoms with van der Waals surface area (Å²) in [6, 6.07) is 14.3. The highest BCUT2D eigenvalue weighted by Gasteiger charge is 2.18. The summed E-state index contributed by atoms with van der Waals surface area (Å²) in [6.45, 7) is 11.3. The molecule has 0 bridgehead atoms. The van der Waals surface area contributed by atoms with Crippen molar-refractivity contribution in [2.75, 3.05) is 48.3 Å². The van der Waals surface area contributed by atoms with Gasteiger partial charge in [-0.3, -0.25) is 9.89 Å². The molecule has 0 unspecified atom stereocenters. The molecule has 3 heterocycles. The Morgan fingerprint density at radius 3 is 2.42 bits per heavy atom. The number of pyridine rings is 1. The molecule has 174 valence electrons. The molecule has 0 atom stereocenters. The number of H-pyrrole nitrogens is 1. The number of carbonyl (C=O) groups excluding carboxylic acids is 1. The number of aryl methyl sites for hydroxylation is 1. The smallest absolute Gasteiger partial charge is 0.224 e. The van der Waals surface area contributed by atoms with Crippen molar-refractivity contribution in [3.8, 4) is 0 Å². The van der Waals surface area contributed by atoms with Gasteiger partial charge in [0.1, 0.15) is 5.82 Å². The van der Waals surface area contributed by atoms with Crippen molar-refractivity contribution >= 4 is 28.9 Å². The maximum Gasteiger partial charge on any atom is 0.224 e. The molecule has 8 nitrogen and oxygen atoms in total. The Kier molecular flexibility index (Phi) is 7.24. The molecular formula is C25H33N7O. The number of aromatic nitrogens is 3. The number of amides is 1. The lowest BCUT2D eigenvalue weighted by Gasteiger charge is -2.35. The van der Waals surface area contributed by atoms with Gasteiger partial charge in [-0.2, -0.15) is 5.10 Å². The van der Waals surface area contributed by atoms with Gasteiger partial charge in [0.15, 0.2) is 5.82 Å². The third kappa shape index (κ3) is 6.10. The Balaban J connectivity index is 1.55. The molecule has 0 aliphatic carbocycles. The van der Waals surface area contributed by atoms with Crippen LogP contribution in [-0.2, 0) is 11.2 Å². The molecule has 8 heteroatoms. The fourth-order valence-electron chi connectivity index (χ4n) is 4.01. The highest BCUT2D eigenvalue weighted by Crippen LogP contribution is 2.25. The van der Waals surface area contributed by atoms with Gasteiger partial charge in [-0.15, -0.1) is 0 Å². The zero-order valence-electron chi connectivity index (χ0n) is 19.7. The van der Waals surface area contributed by atoms with Crippen molar-refractivity contribution in [3.63, 3.8) is 0 Å². The van der Waals surface area contributed by atoms with E-state index in [1.807, 2.05) is 44.2 Å². The van der Waals surface area contributed by atoms with Crippen molar-refractivity contribution in [1.82, 2.24) is 20.1 Å². The van der Waals surface area contributed by atoms with E-state index in [0.29, 0.717) is 12.8 Å². The summed E-state index contributed by atoms with van der Waals surface area (Å²) in [6.07, 6.45) is 1.18. The van der Waals surface area contributed by atoms with Gasteiger partial charge in [-0.25, -0.2) is 4.98 Å². The molecule has 1 saturated heterocycles. The molecule has 3 N–H and O–H groups in total. The summed E-state index contributed by atoms with van der Waals surface area (Å²) in [4.78, 5) is 21.4. The van der Waals surface area contributed by atoms with E-state index in [4.69, 9.17) is 4.98 Å². The van der Waals surface area contributed by atoms with Crippen molar-refractivity contribution in [3.05, 3.63) is 59.4 Å². The first kappa shape index (κ1) is 22.8. The van der Waals surface area contributed by atoms with Crippen molar-refractivity contribution < 1.29 is 4.79 Å². The van der Waals surface area contributed by atoms with E-state index in [9.17, 15) is 4.79 Å². The van der Waals surface area contributed by atoms with Gasteiger partial charge in [-0.05, 0) is 37.2 Å². The molecule has 2 aromatic heterocycles. The second kappa shape index (κ2) is 10.5. The van der Waals surface area contributed by atoms with Crippen molar-refractivity contribution in [1.29, 1.82) is 0 Å². The van der Waals surface area contributed by atoms with Crippen LogP contribution in [-0.4, -0.2) is 58.7 Å². The average molecular weight is 448 g/mol. The number of hydrogen-bond donors (Lipinski definition) is 3. The van der Waals surface area contributed by atoms with Crippen LogP contribution in [0.25, 0.3) is 0 Å². The van der Waals surface area contributed by atoms with E-state index < -0.39 is 0 Å². The quantitative estimate of drug-likeness (QED) is 0.485. The monoisotopic (exact) mass is 447 g/mol. The number of nitrogens with zero attached hydrogens (tertiary/aromatic N) is 4. The Bertz CT molecular complexity index is 1070. The zero-order chi connectivity index (χ0) is 23.2. The van der Waals surface area contributed by atoms with Crippen LogP contribution in [0.1, 0.15) is 37.2 Å². The van der Waals surface area contributed by atoms with Gasteiger partial charge < -0.3 is 20.4 Å². The first-order chi connectivity index (χ1) is 16.0. The summed E-state index contributed by atoms with van der Waals surface area (Å²) in [5.41, 5.74) is 5.13. The topological polar surface area (TPSA) is 89.2 Å². The van der Waals surface area contributed by atoms with E-state index in [1.165, 1.54) is 5.69 Å². The number of likely N-dealkylation sites (N-methyl/N-ethyl adjacent to an activating group) is 1. The minimum absolute atomic E-state index is 0.0182. The van der Waals surface area contributed by atoms with Gasteiger partial charge in [0, 0.05) is 73.9 Å². The van der Waals surface area contributed by atoms with Gasteiger partial charge in [-0.1, -0.05) is 26.0 Å². The molecule has 0 spiro atoms. The second-order valence-corrected chi connectivity index (χ2v) is 8.46. The minimum atomic E-state index is 0.0182. The van der Waals surface area contributed by atoms with Gasteiger partial charge in [0.25, 0.3) is 0 Å². The summed E-state index contributed by atoms with van der Waals surface area (Å²) >= 11 is 0. The van der Waals surface area contributed by atoms with Crippen LogP contribution in [0.4, 0.5) is 23.0 Å². The number of rotatable bonds is 8. The van der Waals surface area contributed by atoms with Gasteiger partial charge in [0.05, 0.1) is 0 Å². The van der Waals surface area contributed by atoms with E-state index in [-0.39, 0.29) is 5.91 Å². The first-order valence-electron chi connectivity index (χ1n) is 11.7. The van der Waals surface area contributed by atoms with E-state index in [2.05, 4.69) is 49.7 Å². The Hall–Kier alpha value is -3.39. The number of benzene rings is 1. The number of hydrogen-bond acceptors (Lipinski definition) is 6. The average Bonchev–Trinajstić information content (AvgIpc) is 3.24. The third-order valence-corrected chi connectivity index (χ3v) is 5.95. The molecule has 1 aliphatic heterocycles. The van der Waals surface area contributed by atoms with Crippen LogP contribution in [0.3, 0.4) is 0 Å². The van der Waals surface area contributed by atoms with E-state index >= 15 is 0 Å². The van der Waals surface area contributed by atoms with Gasteiger partial charge in [0.2, 0.25) is 5.91 Å². The Morgan fingerprint density at radius 2 is 1.79 bits per heavy atom. The van der Waals surface area contributed by atoms with Crippen molar-refractivity contribution in [2.24, 2.45) is 0 Å². The van der Waals surface area contributed by atoms with Crippen LogP contribution in [0.2, 0.25) is 0 Å². The summed E-state index contributed by atoms with van der Waals surface area (Å²) < 4.78 is 0. The van der Waals surface area contributed by atoms with Gasteiger partial charge >= 0.3 is 0 Å². The molecule has 0 saturated carbocycles. The van der Waals surface area contributed by atoms with Crippen LogP contribution < -0.4 is 15.5 Å². The predicted octanol–water partition coefficient (Wildman–Crippen LogP) is 3.94. The third-order valence-electron chi connectivity index (χ3n) is 5.95. The highest BCUT2D eigenvalue weighted by molar-refractivity contribution is 5.90. The van der Waals surface area contributed by atoms with E-state index in [1.54, 1.807) is 0 Å². The lowest BCUT2D eigenvalue weighted by Crippen LogP contribution is -2.46. The standard InChI is InChI=1S/C25H33N7O/c1-4-25(33)27-20-8-6-19(7-9-20)15-21-16-22(32-12-10-31(5-2)11-13-32)17-23(26-21)28-24-14-18(3)29-30-24/h6-9,14,16-17H,4-5,10-13,15H2,1-3H3,(H,27,33)(H2,26,28,29,30). The summed E-state index contributed by atoms with van der Waals surface area (Å²) in [7, 11) is 0. The number of nitrogens with one attached hydrogen (secondary N) is 3. The molecule has 1 aliphatic rings. The highest BCUT2D eigenvalue weighted by atomic mass is 16.1. The SMILES string of the molecule is CCC(=O)Nc1ccc(Cc2cc(N3CCN(CC)CC3)cc(Nc3cc(C)[nH]n3)n2)cc1. The largest absolute Gasteiger partial charge is 0.369 e. The predicted molar refractivity (Wildman–Crippen MR) is 133 cm³/mol. The molecule has 33 heavy (non-hydrogen) atoms. The molecule has 4 rings (SSSR count). The fraction of sp³-hybridized carbons (Fsp3) is 0.400. The maximum atomic E-state index is 11.6. The number of aromatic amines is 1. The zero-order valence-corrected chi connectivity index (χ0v) is 19.7. The lowest BCUT2D eigenvalue weighted by atomic mass is 10.1. The number of carbonyl (C=O) groups is 1. The number of anilines is 4. The first-order valence-corrected chi connectivity index (χ1v) is 11.7. The van der Waals surface area contributed by atoms with Crippen LogP contribution in [0, 0.1) is 6.92 Å². The molecule has 1 aromatic carbocycles. The minimum Gasteiger partial charge on any atom is -0.369 e. The molecule has 0 radical (unpaired) electrons. The van der Waals surface area contributed by atoms with Crippen LogP contribution in [0.5, 0.6) is 0 Å². The Morgan fingerprint density at radius 1 is 1.03 bits per heavy atom. The molecule has 1 amide bonds. The molecular weight excluding hydrogens is 414 g/mol. The molecule has 3 aromatic rings. The molecule has 1 fully saturated rings. The van der Waals surface area contributed by atoms with Crippen LogP contribution in [0.15, 0.2) is 42.5 Å². The fourth-order valence-corrected chi connectivity index (χ4v) is 4.01. The Labute approximate surface area is 195 Å². The summed E-state index contributed by atoms with van der Waals surface area (Å²) in [5, 5.41) is 13.5. The lowest BCUT2D eigenvalue weighted by molar-refractivity contribution is -0.115. The maximum absolute atomic E-state index is 11.6. The normalized spacial score (nSPS) is 14.3. The van der Waals surface area contributed by atoms with Crippen molar-refractivity contribution in [2.45, 2.75) is 33.6 Å². The van der Waals surface area contributed by atoms with Crippen LogP contribution >= 0.6 is 0 Å². The second-order valence-electron chi connectivity index (χ2n) is 8.46. The number of piperazine rings is 1. The summed E-state index contributed by atoms with van der Waals surface area (Å²) in [5.74, 6) is 1.57.